The predicted molar refractivity (Wildman–Crippen MR) is 151 cm³/mol. The van der Waals surface area contributed by atoms with Crippen LogP contribution in [-0.4, -0.2) is 79.3 Å². The van der Waals surface area contributed by atoms with E-state index in [4.69, 9.17) is 16.3 Å². The number of thiazole rings is 1. The molecule has 3 aromatic heterocycles. The standard InChI is InChI=1S/C26H26ClN7O3S2/c1-3-37-26(36)33-11-9-32(10-12-33)24(35)20-15-38-22(29-20)16-39-25-31-30-23(18-5-4-8-28-14-18)34(25)21-13-19(27)7-6-17(21)2/h4-8,13-15H,3,9-12,16H2,1-2H3. The minimum Gasteiger partial charge on any atom is -0.450 e. The summed E-state index contributed by atoms with van der Waals surface area (Å²) in [7, 11) is 0. The minimum absolute atomic E-state index is 0.136. The molecule has 0 saturated carbocycles. The second-order valence-electron chi connectivity index (χ2n) is 8.71. The summed E-state index contributed by atoms with van der Waals surface area (Å²) in [4.78, 5) is 37.1. The molecular weight excluding hydrogens is 558 g/mol. The number of ether oxygens (including phenoxy) is 1. The quantitative estimate of drug-likeness (QED) is 0.281. The fourth-order valence-electron chi connectivity index (χ4n) is 4.16. The highest BCUT2D eigenvalue weighted by Crippen LogP contribution is 2.32. The Morgan fingerprint density at radius 1 is 1.13 bits per heavy atom. The molecule has 10 nitrogen and oxygen atoms in total. The topological polar surface area (TPSA) is 106 Å². The van der Waals surface area contributed by atoms with Crippen molar-refractivity contribution < 1.29 is 14.3 Å². The van der Waals surface area contributed by atoms with Crippen molar-refractivity contribution in [1.29, 1.82) is 0 Å². The number of benzene rings is 1. The molecule has 39 heavy (non-hydrogen) atoms. The molecule has 0 unspecified atom stereocenters. The number of piperazine rings is 1. The highest BCUT2D eigenvalue weighted by molar-refractivity contribution is 7.98. The maximum Gasteiger partial charge on any atom is 0.409 e. The smallest absolute Gasteiger partial charge is 0.409 e. The third-order valence-corrected chi connectivity index (χ3v) is 8.36. The molecule has 4 aromatic rings. The highest BCUT2D eigenvalue weighted by atomic mass is 35.5. The van der Waals surface area contributed by atoms with Gasteiger partial charge in [0.2, 0.25) is 0 Å². The average Bonchev–Trinajstić information content (AvgIpc) is 3.61. The fraction of sp³-hybridized carbons (Fsp3) is 0.308. The first-order valence-corrected chi connectivity index (χ1v) is 14.6. The Kier molecular flexibility index (Phi) is 8.44. The van der Waals surface area contributed by atoms with E-state index in [0.717, 1.165) is 21.8 Å². The van der Waals surface area contributed by atoms with Gasteiger partial charge in [-0.25, -0.2) is 9.78 Å². The molecule has 0 aliphatic carbocycles. The van der Waals surface area contributed by atoms with Crippen LogP contribution in [0.3, 0.4) is 0 Å². The van der Waals surface area contributed by atoms with Crippen LogP contribution in [0.4, 0.5) is 4.79 Å². The number of carbonyl (C=O) groups excluding carboxylic acids is 2. The molecule has 0 bridgehead atoms. The molecule has 0 atom stereocenters. The maximum atomic E-state index is 13.0. The van der Waals surface area contributed by atoms with Gasteiger partial charge in [-0.15, -0.1) is 21.5 Å². The molecule has 1 aliphatic heterocycles. The molecule has 4 heterocycles. The lowest BCUT2D eigenvalue weighted by Gasteiger charge is -2.33. The van der Waals surface area contributed by atoms with Crippen LogP contribution in [0.1, 0.15) is 28.0 Å². The first-order valence-electron chi connectivity index (χ1n) is 12.3. The molecule has 0 radical (unpaired) electrons. The lowest BCUT2D eigenvalue weighted by Crippen LogP contribution is -2.50. The summed E-state index contributed by atoms with van der Waals surface area (Å²) in [6.45, 7) is 5.88. The van der Waals surface area contributed by atoms with Crippen LogP contribution in [0.15, 0.2) is 53.3 Å². The number of hydrogen-bond acceptors (Lipinski definition) is 9. The molecule has 202 valence electrons. The third kappa shape index (κ3) is 6.07. The first kappa shape index (κ1) is 27.1. The highest BCUT2D eigenvalue weighted by Gasteiger charge is 2.27. The van der Waals surface area contributed by atoms with Crippen molar-refractivity contribution in [1.82, 2.24) is 34.5 Å². The second-order valence-corrected chi connectivity index (χ2v) is 11.0. The van der Waals surface area contributed by atoms with E-state index >= 15 is 0 Å². The number of hydrogen-bond donors (Lipinski definition) is 0. The Balaban J connectivity index is 1.31. The van der Waals surface area contributed by atoms with Crippen molar-refractivity contribution in [2.45, 2.75) is 24.8 Å². The minimum atomic E-state index is -0.343. The summed E-state index contributed by atoms with van der Waals surface area (Å²) in [6, 6.07) is 9.51. The molecule has 1 aliphatic rings. The van der Waals surface area contributed by atoms with E-state index in [9.17, 15) is 9.59 Å². The van der Waals surface area contributed by atoms with Crippen LogP contribution in [0, 0.1) is 6.92 Å². The van der Waals surface area contributed by atoms with Gasteiger partial charge in [-0.2, -0.15) is 0 Å². The van der Waals surface area contributed by atoms with E-state index in [0.29, 0.717) is 60.2 Å². The summed E-state index contributed by atoms with van der Waals surface area (Å²) in [5, 5.41) is 12.8. The number of aromatic nitrogens is 5. The second kappa shape index (κ2) is 12.1. The van der Waals surface area contributed by atoms with E-state index in [-0.39, 0.29) is 12.0 Å². The van der Waals surface area contributed by atoms with Crippen LogP contribution >= 0.6 is 34.7 Å². The summed E-state index contributed by atoms with van der Waals surface area (Å²) in [5.74, 6) is 1.04. The number of carbonyl (C=O) groups is 2. The normalized spacial score (nSPS) is 13.5. The lowest BCUT2D eigenvalue weighted by atomic mass is 10.2. The number of pyridine rings is 1. The monoisotopic (exact) mass is 583 g/mol. The van der Waals surface area contributed by atoms with Gasteiger partial charge in [0.1, 0.15) is 10.7 Å². The maximum absolute atomic E-state index is 13.0. The van der Waals surface area contributed by atoms with Gasteiger partial charge in [-0.1, -0.05) is 29.4 Å². The Labute approximate surface area is 239 Å². The summed E-state index contributed by atoms with van der Waals surface area (Å²) in [6.07, 6.45) is 3.12. The van der Waals surface area contributed by atoms with Gasteiger partial charge in [0.15, 0.2) is 11.0 Å². The van der Waals surface area contributed by atoms with E-state index in [1.165, 1.54) is 23.1 Å². The molecule has 13 heteroatoms. The van der Waals surface area contributed by atoms with Crippen LogP contribution in [-0.2, 0) is 10.5 Å². The van der Waals surface area contributed by atoms with E-state index in [1.54, 1.807) is 34.5 Å². The van der Waals surface area contributed by atoms with Crippen LogP contribution in [0.5, 0.6) is 0 Å². The van der Waals surface area contributed by atoms with Gasteiger partial charge in [-0.3, -0.25) is 14.3 Å². The van der Waals surface area contributed by atoms with E-state index in [1.807, 2.05) is 41.8 Å². The van der Waals surface area contributed by atoms with Crippen molar-refractivity contribution in [3.8, 4) is 17.1 Å². The number of nitrogens with zero attached hydrogens (tertiary/aromatic N) is 7. The number of thioether (sulfide) groups is 1. The van der Waals surface area contributed by atoms with Crippen LogP contribution < -0.4 is 0 Å². The van der Waals surface area contributed by atoms with Gasteiger partial charge in [-0.05, 0) is 43.7 Å². The lowest BCUT2D eigenvalue weighted by molar-refractivity contribution is 0.0566. The molecule has 0 spiro atoms. The molecule has 1 aromatic carbocycles. The molecular formula is C26H26ClN7O3S2. The van der Waals surface area contributed by atoms with Crippen LogP contribution in [0.2, 0.25) is 5.02 Å². The van der Waals surface area contributed by atoms with Crippen LogP contribution in [0.25, 0.3) is 17.1 Å². The van der Waals surface area contributed by atoms with Gasteiger partial charge >= 0.3 is 6.09 Å². The zero-order chi connectivity index (χ0) is 27.4. The number of amides is 2. The number of halogens is 1. The Morgan fingerprint density at radius 2 is 1.92 bits per heavy atom. The van der Waals surface area contributed by atoms with E-state index in [2.05, 4.69) is 20.2 Å². The number of rotatable bonds is 7. The van der Waals surface area contributed by atoms with Gasteiger partial charge in [0, 0.05) is 54.5 Å². The molecule has 1 fully saturated rings. The molecule has 2 amide bonds. The molecule has 0 N–H and O–H groups in total. The summed E-state index contributed by atoms with van der Waals surface area (Å²) >= 11 is 9.26. The van der Waals surface area contributed by atoms with Gasteiger partial charge in [0.05, 0.1) is 18.0 Å². The average molecular weight is 584 g/mol. The molecule has 1 saturated heterocycles. The Morgan fingerprint density at radius 3 is 2.67 bits per heavy atom. The predicted octanol–water partition coefficient (Wildman–Crippen LogP) is 4.95. The van der Waals surface area contributed by atoms with Gasteiger partial charge < -0.3 is 14.5 Å². The van der Waals surface area contributed by atoms with Crippen molar-refractivity contribution in [3.63, 3.8) is 0 Å². The number of aryl methyl sites for hydroxylation is 1. The van der Waals surface area contributed by atoms with Gasteiger partial charge in [0.25, 0.3) is 5.91 Å². The largest absolute Gasteiger partial charge is 0.450 e. The Hall–Kier alpha value is -3.48. The Bertz CT molecular complexity index is 1470. The zero-order valence-electron chi connectivity index (χ0n) is 21.4. The zero-order valence-corrected chi connectivity index (χ0v) is 23.8. The van der Waals surface area contributed by atoms with Crippen molar-refractivity contribution in [2.75, 3.05) is 32.8 Å². The van der Waals surface area contributed by atoms with Crippen molar-refractivity contribution in [3.05, 3.63) is 69.4 Å². The third-order valence-electron chi connectivity index (χ3n) is 6.15. The molecule has 5 rings (SSSR count). The SMILES string of the molecule is CCOC(=O)N1CCN(C(=O)c2csc(CSc3nnc(-c4cccnc4)n3-c3cc(Cl)ccc3C)n2)CC1. The van der Waals surface area contributed by atoms with Crippen molar-refractivity contribution >= 4 is 46.7 Å². The summed E-state index contributed by atoms with van der Waals surface area (Å²) < 4.78 is 7.03. The van der Waals surface area contributed by atoms with Crippen molar-refractivity contribution in [2.24, 2.45) is 0 Å². The van der Waals surface area contributed by atoms with E-state index < -0.39 is 0 Å². The first-order chi connectivity index (χ1) is 18.9. The fourth-order valence-corrected chi connectivity index (χ4v) is 6.05. The summed E-state index contributed by atoms with van der Waals surface area (Å²) in [5.41, 5.74) is 3.15.